The Kier molecular flexibility index (Phi) is 4.65. The molecule has 1 aliphatic heterocycles. The largest absolute Gasteiger partial charge is 0.382 e. The number of aromatic nitrogens is 2. The second kappa shape index (κ2) is 7.07. The first kappa shape index (κ1) is 16.4. The van der Waals surface area contributed by atoms with E-state index in [0.29, 0.717) is 6.61 Å². The number of anilines is 1. The van der Waals surface area contributed by atoms with Crippen molar-refractivity contribution in [1.82, 2.24) is 9.97 Å². The lowest BCUT2D eigenvalue weighted by Gasteiger charge is -2.37. The zero-order valence-electron chi connectivity index (χ0n) is 14.4. The van der Waals surface area contributed by atoms with Gasteiger partial charge in [0, 0.05) is 36.5 Å². The summed E-state index contributed by atoms with van der Waals surface area (Å²) in [5, 5.41) is 5.22. The highest BCUT2D eigenvalue weighted by molar-refractivity contribution is 7.08. The highest BCUT2D eigenvalue weighted by Gasteiger charge is 2.27. The Hall–Kier alpha value is -2.02. The van der Waals surface area contributed by atoms with E-state index in [4.69, 9.17) is 19.4 Å². The molecule has 0 aliphatic carbocycles. The number of benzene rings is 1. The number of para-hydroxylation sites is 1. The quantitative estimate of drug-likeness (QED) is 0.716. The van der Waals surface area contributed by atoms with Crippen molar-refractivity contribution >= 4 is 28.1 Å². The van der Waals surface area contributed by atoms with Gasteiger partial charge in [0.25, 0.3) is 0 Å². The molecule has 0 radical (unpaired) electrons. The van der Waals surface area contributed by atoms with Crippen LogP contribution in [0.25, 0.3) is 22.3 Å². The van der Waals surface area contributed by atoms with Crippen molar-refractivity contribution in [3.63, 3.8) is 0 Å². The highest BCUT2D eigenvalue weighted by atomic mass is 32.1. The maximum Gasteiger partial charge on any atom is 0.162 e. The Morgan fingerprint density at radius 3 is 2.92 bits per heavy atom. The maximum atomic E-state index is 5.98. The van der Waals surface area contributed by atoms with Gasteiger partial charge in [-0.2, -0.15) is 11.3 Å². The van der Waals surface area contributed by atoms with Gasteiger partial charge in [-0.3, -0.25) is 0 Å². The first-order valence-corrected chi connectivity index (χ1v) is 9.37. The van der Waals surface area contributed by atoms with E-state index in [0.717, 1.165) is 41.2 Å². The third kappa shape index (κ3) is 3.38. The van der Waals surface area contributed by atoms with Crippen molar-refractivity contribution in [3.05, 3.63) is 41.1 Å². The average Bonchev–Trinajstić information content (AvgIpc) is 3.15. The van der Waals surface area contributed by atoms with E-state index in [1.54, 1.807) is 18.4 Å². The van der Waals surface area contributed by atoms with Crippen molar-refractivity contribution in [2.45, 2.75) is 19.1 Å². The molecular formula is C19H21N3O2S. The van der Waals surface area contributed by atoms with Crippen LogP contribution in [0.1, 0.15) is 6.92 Å². The molecule has 5 nitrogen and oxygen atoms in total. The van der Waals surface area contributed by atoms with E-state index < -0.39 is 0 Å². The SMILES string of the molecule is COCC1CN(c2nc(-c3ccsc3)nc3ccccc23)CC(C)O1. The van der Waals surface area contributed by atoms with Crippen molar-refractivity contribution < 1.29 is 9.47 Å². The van der Waals surface area contributed by atoms with Crippen LogP contribution in [-0.2, 0) is 9.47 Å². The van der Waals surface area contributed by atoms with Gasteiger partial charge >= 0.3 is 0 Å². The van der Waals surface area contributed by atoms with E-state index >= 15 is 0 Å². The van der Waals surface area contributed by atoms with Gasteiger partial charge in [0.15, 0.2) is 5.82 Å². The summed E-state index contributed by atoms with van der Waals surface area (Å²) in [7, 11) is 1.71. The zero-order chi connectivity index (χ0) is 17.2. The van der Waals surface area contributed by atoms with Crippen LogP contribution in [0.5, 0.6) is 0 Å². The number of morpholine rings is 1. The second-order valence-electron chi connectivity index (χ2n) is 6.33. The minimum absolute atomic E-state index is 0.0482. The minimum atomic E-state index is 0.0482. The smallest absolute Gasteiger partial charge is 0.162 e. The average molecular weight is 355 g/mol. The summed E-state index contributed by atoms with van der Waals surface area (Å²) in [6, 6.07) is 10.3. The van der Waals surface area contributed by atoms with Crippen LogP contribution >= 0.6 is 11.3 Å². The number of rotatable bonds is 4. The number of thiophene rings is 1. The Bertz CT molecular complexity index is 853. The van der Waals surface area contributed by atoms with Crippen LogP contribution in [0.15, 0.2) is 41.1 Å². The molecule has 0 saturated carbocycles. The molecule has 3 aromatic rings. The predicted octanol–water partition coefficient (Wildman–Crippen LogP) is 3.60. The molecule has 2 atom stereocenters. The summed E-state index contributed by atoms with van der Waals surface area (Å²) in [5.74, 6) is 1.75. The number of ether oxygens (including phenoxy) is 2. The molecule has 25 heavy (non-hydrogen) atoms. The molecule has 3 heterocycles. The second-order valence-corrected chi connectivity index (χ2v) is 7.11. The summed E-state index contributed by atoms with van der Waals surface area (Å²) < 4.78 is 11.3. The standard InChI is InChI=1S/C19H21N3O2S/c1-13-9-22(10-15(24-13)11-23-2)19-16-5-3-4-6-17(16)20-18(21-19)14-7-8-25-12-14/h3-8,12-13,15H,9-11H2,1-2H3. The number of nitrogens with zero attached hydrogens (tertiary/aromatic N) is 3. The van der Waals surface area contributed by atoms with Crippen molar-refractivity contribution in [2.24, 2.45) is 0 Å². The van der Waals surface area contributed by atoms with E-state index in [-0.39, 0.29) is 12.2 Å². The predicted molar refractivity (Wildman–Crippen MR) is 101 cm³/mol. The van der Waals surface area contributed by atoms with Gasteiger partial charge in [0.05, 0.1) is 24.3 Å². The van der Waals surface area contributed by atoms with Crippen LogP contribution in [0.4, 0.5) is 5.82 Å². The molecule has 2 unspecified atom stereocenters. The summed E-state index contributed by atoms with van der Waals surface area (Å²) in [6.07, 6.45) is 0.180. The van der Waals surface area contributed by atoms with Crippen LogP contribution < -0.4 is 4.90 Å². The van der Waals surface area contributed by atoms with Crippen LogP contribution in [0.2, 0.25) is 0 Å². The maximum absolute atomic E-state index is 5.98. The summed E-state index contributed by atoms with van der Waals surface area (Å²) >= 11 is 1.66. The molecule has 1 aromatic carbocycles. The lowest BCUT2D eigenvalue weighted by Crippen LogP contribution is -2.48. The summed E-state index contributed by atoms with van der Waals surface area (Å²) in [4.78, 5) is 12.0. The molecular weight excluding hydrogens is 334 g/mol. The normalized spacial score (nSPS) is 21.0. The summed E-state index contributed by atoms with van der Waals surface area (Å²) in [5.41, 5.74) is 2.03. The molecule has 4 rings (SSSR count). The fourth-order valence-electron chi connectivity index (χ4n) is 3.32. The number of methoxy groups -OCH3 is 1. The minimum Gasteiger partial charge on any atom is -0.382 e. The molecule has 0 amide bonds. The Labute approximate surface area is 151 Å². The monoisotopic (exact) mass is 355 g/mol. The molecule has 0 N–H and O–H groups in total. The lowest BCUT2D eigenvalue weighted by atomic mass is 10.1. The van der Waals surface area contributed by atoms with Crippen LogP contribution in [0, 0.1) is 0 Å². The zero-order valence-corrected chi connectivity index (χ0v) is 15.2. The van der Waals surface area contributed by atoms with Gasteiger partial charge in [0.2, 0.25) is 0 Å². The molecule has 1 saturated heterocycles. The van der Waals surface area contributed by atoms with E-state index in [9.17, 15) is 0 Å². The van der Waals surface area contributed by atoms with Crippen molar-refractivity contribution in [3.8, 4) is 11.4 Å². The third-order valence-electron chi connectivity index (χ3n) is 4.34. The van der Waals surface area contributed by atoms with Gasteiger partial charge in [-0.1, -0.05) is 12.1 Å². The van der Waals surface area contributed by atoms with E-state index in [1.165, 1.54) is 0 Å². The lowest BCUT2D eigenvalue weighted by molar-refractivity contribution is -0.0512. The highest BCUT2D eigenvalue weighted by Crippen LogP contribution is 2.30. The van der Waals surface area contributed by atoms with Gasteiger partial charge in [-0.25, -0.2) is 9.97 Å². The van der Waals surface area contributed by atoms with Crippen LogP contribution in [-0.4, -0.2) is 49.0 Å². The van der Waals surface area contributed by atoms with Gasteiger partial charge in [0.1, 0.15) is 5.82 Å². The first-order valence-electron chi connectivity index (χ1n) is 8.43. The Morgan fingerprint density at radius 2 is 2.12 bits per heavy atom. The molecule has 6 heteroatoms. The van der Waals surface area contributed by atoms with E-state index in [2.05, 4.69) is 34.7 Å². The topological polar surface area (TPSA) is 47.5 Å². The van der Waals surface area contributed by atoms with Crippen molar-refractivity contribution in [1.29, 1.82) is 0 Å². The van der Waals surface area contributed by atoms with Gasteiger partial charge in [-0.05, 0) is 30.5 Å². The molecule has 130 valence electrons. The fraction of sp³-hybridized carbons (Fsp3) is 0.368. The molecule has 1 aliphatic rings. The van der Waals surface area contributed by atoms with Crippen LogP contribution in [0.3, 0.4) is 0 Å². The fourth-order valence-corrected chi connectivity index (χ4v) is 3.95. The third-order valence-corrected chi connectivity index (χ3v) is 5.02. The first-order chi connectivity index (χ1) is 12.2. The van der Waals surface area contributed by atoms with Crippen molar-refractivity contribution in [2.75, 3.05) is 31.7 Å². The number of hydrogen-bond donors (Lipinski definition) is 0. The molecule has 0 bridgehead atoms. The number of hydrogen-bond acceptors (Lipinski definition) is 6. The van der Waals surface area contributed by atoms with Gasteiger partial charge in [-0.15, -0.1) is 0 Å². The Morgan fingerprint density at radius 1 is 1.24 bits per heavy atom. The molecule has 0 spiro atoms. The Balaban J connectivity index is 1.79. The molecule has 1 fully saturated rings. The molecule has 2 aromatic heterocycles. The summed E-state index contributed by atoms with van der Waals surface area (Å²) in [6.45, 7) is 4.26. The number of fused-ring (bicyclic) bond motifs is 1. The van der Waals surface area contributed by atoms with E-state index in [1.807, 2.05) is 18.2 Å². The van der Waals surface area contributed by atoms with Gasteiger partial charge < -0.3 is 14.4 Å².